The summed E-state index contributed by atoms with van der Waals surface area (Å²) in [6, 6.07) is 29.1. The van der Waals surface area contributed by atoms with E-state index < -0.39 is 11.5 Å². The zero-order valence-corrected chi connectivity index (χ0v) is 24.7. The highest BCUT2D eigenvalue weighted by Gasteiger charge is 2.66. The van der Waals surface area contributed by atoms with Gasteiger partial charge in [-0.1, -0.05) is 78.9 Å². The standard InChI is InChI=1S/C36H31N3O3S/c1-42-35(41)36-20-25-28-27(21-10-4-2-5-11-21)34-39(18-19-43-34)33(40)29(28)32(36)38(30(25)22-12-6-3-7-13-22)17-16-24-23-14-8-9-15-26(23)37-31(24)36/h2-15,25,30,32,37H,16-20H2,1H3/t25?,30?,32-,36?/m1/s1. The molecule has 5 atom stereocenters. The number of aromatic nitrogens is 2. The molecule has 5 aliphatic rings. The van der Waals surface area contributed by atoms with Gasteiger partial charge in [-0.2, -0.15) is 0 Å². The van der Waals surface area contributed by atoms with Crippen molar-refractivity contribution in [2.75, 3.05) is 19.4 Å². The van der Waals surface area contributed by atoms with E-state index in [1.54, 1.807) is 11.8 Å². The second-order valence-electron chi connectivity index (χ2n) is 12.2. The van der Waals surface area contributed by atoms with Crippen molar-refractivity contribution in [3.63, 3.8) is 0 Å². The van der Waals surface area contributed by atoms with Crippen LogP contribution in [0.4, 0.5) is 0 Å². The first-order valence-electron chi connectivity index (χ1n) is 15.1. The van der Waals surface area contributed by atoms with E-state index in [1.807, 2.05) is 16.7 Å². The molecule has 10 rings (SSSR count). The van der Waals surface area contributed by atoms with E-state index in [2.05, 4.69) is 82.7 Å². The van der Waals surface area contributed by atoms with Gasteiger partial charge in [-0.25, -0.2) is 0 Å². The Morgan fingerprint density at radius 2 is 1.70 bits per heavy atom. The van der Waals surface area contributed by atoms with Crippen LogP contribution in [-0.2, 0) is 27.9 Å². The van der Waals surface area contributed by atoms with Crippen molar-refractivity contribution in [3.05, 3.63) is 123 Å². The molecule has 214 valence electrons. The molecular weight excluding hydrogens is 554 g/mol. The van der Waals surface area contributed by atoms with Crippen LogP contribution in [0.2, 0.25) is 0 Å². The largest absolute Gasteiger partial charge is 0.468 e. The number of hydrogen-bond donors (Lipinski definition) is 1. The number of carbonyl (C=O) groups is 1. The van der Waals surface area contributed by atoms with Crippen LogP contribution in [0.5, 0.6) is 0 Å². The van der Waals surface area contributed by atoms with Gasteiger partial charge in [0.05, 0.1) is 18.2 Å². The van der Waals surface area contributed by atoms with Gasteiger partial charge in [0.1, 0.15) is 5.41 Å². The summed E-state index contributed by atoms with van der Waals surface area (Å²) in [4.78, 5) is 35.4. The highest BCUT2D eigenvalue weighted by atomic mass is 32.2. The van der Waals surface area contributed by atoms with Crippen LogP contribution < -0.4 is 5.56 Å². The SMILES string of the molecule is COC(=O)C12CC3c4c(-c5ccccc5)c5n(c(=O)c4[C@H]1N(CCc1c2[nH]c2ccccc12)C3c1ccccc1)CCS5. The van der Waals surface area contributed by atoms with Gasteiger partial charge in [0.25, 0.3) is 5.56 Å². The number of carbonyl (C=O) groups excluding carboxylic acids is 1. The summed E-state index contributed by atoms with van der Waals surface area (Å²) >= 11 is 1.78. The second kappa shape index (κ2) is 9.21. The molecule has 1 aliphatic carbocycles. The van der Waals surface area contributed by atoms with Crippen molar-refractivity contribution < 1.29 is 9.53 Å². The molecule has 0 amide bonds. The third-order valence-corrected chi connectivity index (χ3v) is 11.5. The van der Waals surface area contributed by atoms with E-state index in [9.17, 15) is 9.59 Å². The first kappa shape index (κ1) is 25.4. The van der Waals surface area contributed by atoms with Crippen LogP contribution >= 0.6 is 11.8 Å². The molecule has 6 nitrogen and oxygen atoms in total. The van der Waals surface area contributed by atoms with Crippen molar-refractivity contribution in [1.82, 2.24) is 14.5 Å². The molecule has 4 aliphatic heterocycles. The number of thioether (sulfide) groups is 1. The Morgan fingerprint density at radius 1 is 0.953 bits per heavy atom. The Labute approximate surface area is 253 Å². The van der Waals surface area contributed by atoms with Gasteiger partial charge in [0.15, 0.2) is 0 Å². The topological polar surface area (TPSA) is 67.3 Å². The maximum absolute atomic E-state index is 14.8. The number of ether oxygens (including phenoxy) is 1. The number of H-pyrrole nitrogens is 1. The molecule has 4 unspecified atom stereocenters. The normalized spacial score (nSPS) is 26.4. The molecule has 6 heterocycles. The van der Waals surface area contributed by atoms with Crippen LogP contribution in [0.1, 0.15) is 52.4 Å². The molecule has 1 fully saturated rings. The number of methoxy groups -OCH3 is 1. The van der Waals surface area contributed by atoms with Crippen LogP contribution in [0.15, 0.2) is 94.7 Å². The minimum absolute atomic E-state index is 0.0306. The average Bonchev–Trinajstić information content (AvgIpc) is 3.67. The van der Waals surface area contributed by atoms with Gasteiger partial charge in [0.2, 0.25) is 0 Å². The zero-order valence-electron chi connectivity index (χ0n) is 23.9. The number of esters is 1. The quantitative estimate of drug-likeness (QED) is 0.250. The van der Waals surface area contributed by atoms with Gasteiger partial charge in [0, 0.05) is 58.5 Å². The summed E-state index contributed by atoms with van der Waals surface area (Å²) in [6.07, 6.45) is 1.36. The van der Waals surface area contributed by atoms with Crippen molar-refractivity contribution in [2.24, 2.45) is 0 Å². The summed E-state index contributed by atoms with van der Waals surface area (Å²) in [5, 5.41) is 2.21. The third-order valence-electron chi connectivity index (χ3n) is 10.4. The summed E-state index contributed by atoms with van der Waals surface area (Å²) < 4.78 is 7.71. The molecule has 1 N–H and O–H groups in total. The molecule has 1 saturated heterocycles. The lowest BCUT2D eigenvalue weighted by atomic mass is 9.55. The van der Waals surface area contributed by atoms with E-state index in [0.29, 0.717) is 13.0 Å². The smallest absolute Gasteiger partial charge is 0.319 e. The number of rotatable bonds is 3. The monoisotopic (exact) mass is 585 g/mol. The lowest BCUT2D eigenvalue weighted by Crippen LogP contribution is -2.61. The maximum Gasteiger partial charge on any atom is 0.319 e. The third kappa shape index (κ3) is 3.24. The summed E-state index contributed by atoms with van der Waals surface area (Å²) in [6.45, 7) is 1.42. The molecule has 43 heavy (non-hydrogen) atoms. The molecule has 5 aromatic rings. The minimum Gasteiger partial charge on any atom is -0.468 e. The molecule has 0 spiro atoms. The predicted molar refractivity (Wildman–Crippen MR) is 169 cm³/mol. The number of fused-ring (bicyclic) bond motifs is 4. The van der Waals surface area contributed by atoms with Gasteiger partial charge >= 0.3 is 5.97 Å². The molecule has 2 aromatic heterocycles. The van der Waals surface area contributed by atoms with Gasteiger partial charge in [-0.05, 0) is 41.2 Å². The fourth-order valence-corrected chi connectivity index (χ4v) is 10.1. The number of piperidine rings is 1. The Morgan fingerprint density at radius 3 is 2.49 bits per heavy atom. The average molecular weight is 586 g/mol. The predicted octanol–water partition coefficient (Wildman–Crippen LogP) is 6.35. The lowest BCUT2D eigenvalue weighted by Gasteiger charge is -2.59. The highest BCUT2D eigenvalue weighted by Crippen LogP contribution is 2.67. The number of hydrogen-bond acceptors (Lipinski definition) is 5. The van der Waals surface area contributed by atoms with Crippen molar-refractivity contribution in [3.8, 4) is 11.1 Å². The second-order valence-corrected chi connectivity index (χ2v) is 13.3. The van der Waals surface area contributed by atoms with Crippen molar-refractivity contribution in [2.45, 2.75) is 47.8 Å². The fourth-order valence-electron chi connectivity index (χ4n) is 8.92. The van der Waals surface area contributed by atoms with Gasteiger partial charge in [-0.3, -0.25) is 14.5 Å². The Bertz CT molecular complexity index is 2000. The maximum atomic E-state index is 14.8. The highest BCUT2D eigenvalue weighted by molar-refractivity contribution is 7.99. The van der Waals surface area contributed by atoms with Gasteiger partial charge in [-0.15, -0.1) is 11.8 Å². The molecule has 3 aromatic carbocycles. The van der Waals surface area contributed by atoms with Crippen LogP contribution in [0.25, 0.3) is 22.0 Å². The Hall–Kier alpha value is -4.07. The Balaban J connectivity index is 1.43. The fraction of sp³-hybridized carbons (Fsp3) is 0.278. The summed E-state index contributed by atoms with van der Waals surface area (Å²) in [5.74, 6) is 0.516. The van der Waals surface area contributed by atoms with E-state index >= 15 is 0 Å². The van der Waals surface area contributed by atoms with Crippen LogP contribution in [0.3, 0.4) is 0 Å². The molecule has 0 radical (unpaired) electrons. The van der Waals surface area contributed by atoms with Crippen LogP contribution in [-0.4, -0.2) is 39.8 Å². The Kier molecular flexibility index (Phi) is 5.45. The van der Waals surface area contributed by atoms with E-state index in [0.717, 1.165) is 57.0 Å². The number of benzene rings is 3. The number of nitrogens with one attached hydrogen (secondary N) is 1. The van der Waals surface area contributed by atoms with Crippen molar-refractivity contribution in [1.29, 1.82) is 0 Å². The number of pyridine rings is 1. The van der Waals surface area contributed by atoms with Crippen molar-refractivity contribution >= 4 is 28.6 Å². The van der Waals surface area contributed by atoms with Crippen LogP contribution in [0, 0.1) is 0 Å². The first-order valence-corrected chi connectivity index (χ1v) is 16.1. The summed E-state index contributed by atoms with van der Waals surface area (Å²) in [7, 11) is 1.49. The summed E-state index contributed by atoms with van der Waals surface area (Å²) in [5.41, 5.74) is 7.58. The molecular formula is C36H31N3O3S. The van der Waals surface area contributed by atoms with E-state index in [4.69, 9.17) is 4.74 Å². The molecule has 0 saturated carbocycles. The first-order chi connectivity index (χ1) is 21.1. The number of aromatic amines is 1. The molecule has 7 heteroatoms. The minimum atomic E-state index is -1.03. The number of para-hydroxylation sites is 1. The van der Waals surface area contributed by atoms with Gasteiger partial charge < -0.3 is 14.3 Å². The van der Waals surface area contributed by atoms with E-state index in [-0.39, 0.29) is 23.5 Å². The lowest BCUT2D eigenvalue weighted by molar-refractivity contribution is -0.157. The number of nitrogens with zero attached hydrogens (tertiary/aromatic N) is 2. The zero-order chi connectivity index (χ0) is 28.9. The van der Waals surface area contributed by atoms with E-state index in [1.165, 1.54) is 23.8 Å². The molecule has 4 bridgehead atoms.